The van der Waals surface area contributed by atoms with Crippen LogP contribution in [0.15, 0.2) is 18.2 Å². The Hall–Kier alpha value is -0.860. The van der Waals surface area contributed by atoms with Crippen molar-refractivity contribution in [3.05, 3.63) is 28.2 Å². The van der Waals surface area contributed by atoms with E-state index in [0.29, 0.717) is 42.0 Å². The minimum absolute atomic E-state index is 0.165. The summed E-state index contributed by atoms with van der Waals surface area (Å²) in [5, 5.41) is 3.15. The summed E-state index contributed by atoms with van der Waals surface area (Å²) >= 11 is 11.9. The average molecular weight is 367 g/mol. The number of carbonyl (C=O) groups is 1. The van der Waals surface area contributed by atoms with E-state index in [1.54, 1.807) is 18.2 Å². The number of halogens is 2. The second-order valence-corrected chi connectivity index (χ2v) is 7.63. The normalized spacial score (nSPS) is 16.5. The third-order valence-corrected chi connectivity index (χ3v) is 5.68. The van der Waals surface area contributed by atoms with Crippen molar-refractivity contribution >= 4 is 44.8 Å². The molecule has 0 aromatic heterocycles. The molecule has 0 unspecified atom stereocenters. The molecule has 1 saturated heterocycles. The minimum atomic E-state index is -3.46. The first-order valence-corrected chi connectivity index (χ1v) is 9.06. The van der Waals surface area contributed by atoms with E-state index in [-0.39, 0.29) is 12.2 Å². The predicted octanol–water partition coefficient (Wildman–Crippen LogP) is 1.98. The monoisotopic (exact) mass is 366 g/mol. The highest BCUT2D eigenvalue weighted by Gasteiger charge is 2.25. The van der Waals surface area contributed by atoms with Gasteiger partial charge in [-0.15, -0.1) is 0 Å². The van der Waals surface area contributed by atoms with E-state index in [9.17, 15) is 13.2 Å². The van der Waals surface area contributed by atoms with E-state index >= 15 is 0 Å². The lowest BCUT2D eigenvalue weighted by Gasteiger charge is -2.25. The van der Waals surface area contributed by atoms with Crippen LogP contribution >= 0.6 is 23.2 Å². The second kappa shape index (κ2) is 7.61. The van der Waals surface area contributed by atoms with E-state index in [1.807, 2.05) is 0 Å². The molecular weight excluding hydrogens is 351 g/mol. The Bertz CT molecular complexity index is 625. The number of benzene rings is 1. The summed E-state index contributed by atoms with van der Waals surface area (Å²) in [5.74, 6) is -0.715. The summed E-state index contributed by atoms with van der Waals surface area (Å²) in [6, 6.07) is 4.84. The molecule has 6 nitrogen and oxygen atoms in total. The lowest BCUT2D eigenvalue weighted by atomic mass is 10.3. The van der Waals surface area contributed by atoms with Crippen LogP contribution in [0.1, 0.15) is 6.42 Å². The van der Waals surface area contributed by atoms with Crippen LogP contribution < -0.4 is 5.32 Å². The summed E-state index contributed by atoms with van der Waals surface area (Å²) in [5.41, 5.74) is 0.291. The Morgan fingerprint density at radius 2 is 1.82 bits per heavy atom. The minimum Gasteiger partial charge on any atom is -0.379 e. The van der Waals surface area contributed by atoms with Crippen LogP contribution in [0, 0.1) is 0 Å². The van der Waals surface area contributed by atoms with E-state index in [0.717, 1.165) is 0 Å². The number of morpholine rings is 1. The number of ether oxygens (including phenoxy) is 1. The van der Waals surface area contributed by atoms with Gasteiger partial charge in [0.2, 0.25) is 15.9 Å². The Morgan fingerprint density at radius 3 is 2.41 bits per heavy atom. The van der Waals surface area contributed by atoms with Gasteiger partial charge in [-0.1, -0.05) is 29.3 Å². The fourth-order valence-corrected chi connectivity index (χ4v) is 3.89. The van der Waals surface area contributed by atoms with Crippen LogP contribution in [0.3, 0.4) is 0 Å². The lowest BCUT2D eigenvalue weighted by molar-refractivity contribution is -0.115. The number of hydrogen-bond donors (Lipinski definition) is 1. The maximum Gasteiger partial charge on any atom is 0.225 e. The molecule has 1 heterocycles. The SMILES string of the molecule is O=C(CCS(=O)(=O)N1CCOCC1)Nc1c(Cl)cccc1Cl. The maximum atomic E-state index is 12.1. The molecule has 0 radical (unpaired) electrons. The van der Waals surface area contributed by atoms with Gasteiger partial charge in [-0.3, -0.25) is 4.79 Å². The number of nitrogens with one attached hydrogen (secondary N) is 1. The van der Waals surface area contributed by atoms with Crippen LogP contribution in [0.2, 0.25) is 10.0 Å². The number of nitrogens with zero attached hydrogens (tertiary/aromatic N) is 1. The molecule has 2 rings (SSSR count). The van der Waals surface area contributed by atoms with Gasteiger partial charge in [0.25, 0.3) is 0 Å². The van der Waals surface area contributed by atoms with Crippen LogP contribution in [0.5, 0.6) is 0 Å². The standard InChI is InChI=1S/C13H16Cl2N2O4S/c14-10-2-1-3-11(15)13(10)16-12(18)4-9-22(19,20)17-5-7-21-8-6-17/h1-3H,4-9H2,(H,16,18). The molecular formula is C13H16Cl2N2O4S. The molecule has 9 heteroatoms. The Morgan fingerprint density at radius 1 is 1.23 bits per heavy atom. The first-order chi connectivity index (χ1) is 10.4. The zero-order valence-corrected chi connectivity index (χ0v) is 14.0. The van der Waals surface area contributed by atoms with Gasteiger partial charge in [0, 0.05) is 19.5 Å². The van der Waals surface area contributed by atoms with Crippen molar-refractivity contribution in [1.29, 1.82) is 0 Å². The van der Waals surface area contributed by atoms with Crippen LogP contribution in [0.25, 0.3) is 0 Å². The topological polar surface area (TPSA) is 75.7 Å². The highest BCUT2D eigenvalue weighted by molar-refractivity contribution is 7.89. The van der Waals surface area contributed by atoms with Crippen molar-refractivity contribution in [2.45, 2.75) is 6.42 Å². The zero-order valence-electron chi connectivity index (χ0n) is 11.7. The Balaban J connectivity index is 1.92. The number of amides is 1. The summed E-state index contributed by atoms with van der Waals surface area (Å²) in [6.07, 6.45) is -0.165. The molecule has 0 aliphatic carbocycles. The summed E-state index contributed by atoms with van der Waals surface area (Å²) in [6.45, 7) is 1.39. The summed E-state index contributed by atoms with van der Waals surface area (Å²) in [7, 11) is -3.46. The molecule has 22 heavy (non-hydrogen) atoms. The number of para-hydroxylation sites is 1. The first-order valence-electron chi connectivity index (χ1n) is 6.69. The van der Waals surface area contributed by atoms with Gasteiger partial charge >= 0.3 is 0 Å². The molecule has 122 valence electrons. The molecule has 1 aromatic carbocycles. The van der Waals surface area contributed by atoms with Gasteiger partial charge in [-0.2, -0.15) is 4.31 Å². The number of anilines is 1. The molecule has 1 fully saturated rings. The predicted molar refractivity (Wildman–Crippen MR) is 85.9 cm³/mol. The molecule has 1 N–H and O–H groups in total. The molecule has 0 saturated carbocycles. The smallest absolute Gasteiger partial charge is 0.225 e. The van der Waals surface area contributed by atoms with Crippen molar-refractivity contribution in [2.75, 3.05) is 37.4 Å². The zero-order chi connectivity index (χ0) is 16.2. The molecule has 0 bridgehead atoms. The summed E-state index contributed by atoms with van der Waals surface area (Å²) in [4.78, 5) is 11.9. The molecule has 1 amide bonds. The van der Waals surface area contributed by atoms with Crippen molar-refractivity contribution in [3.63, 3.8) is 0 Å². The lowest BCUT2D eigenvalue weighted by Crippen LogP contribution is -2.42. The Labute approximate surface area is 139 Å². The third-order valence-electron chi connectivity index (χ3n) is 3.18. The largest absolute Gasteiger partial charge is 0.379 e. The second-order valence-electron chi connectivity index (χ2n) is 4.72. The molecule has 0 atom stereocenters. The number of carbonyl (C=O) groups excluding carboxylic acids is 1. The molecule has 1 aliphatic rings. The van der Waals surface area contributed by atoms with Gasteiger partial charge in [-0.25, -0.2) is 8.42 Å². The highest BCUT2D eigenvalue weighted by atomic mass is 35.5. The quantitative estimate of drug-likeness (QED) is 0.864. The number of hydrogen-bond acceptors (Lipinski definition) is 4. The van der Waals surface area contributed by atoms with Crippen molar-refractivity contribution in [1.82, 2.24) is 4.31 Å². The van der Waals surface area contributed by atoms with Crippen LogP contribution in [-0.2, 0) is 19.6 Å². The molecule has 0 spiro atoms. The van der Waals surface area contributed by atoms with Crippen molar-refractivity contribution in [3.8, 4) is 0 Å². The van der Waals surface area contributed by atoms with Gasteiger partial charge in [0.05, 0.1) is 34.7 Å². The van der Waals surface area contributed by atoms with Gasteiger partial charge < -0.3 is 10.1 Å². The maximum absolute atomic E-state index is 12.1. The average Bonchev–Trinajstić information content (AvgIpc) is 2.50. The number of sulfonamides is 1. The van der Waals surface area contributed by atoms with Gasteiger partial charge in [0.15, 0.2) is 0 Å². The van der Waals surface area contributed by atoms with Crippen LogP contribution in [0.4, 0.5) is 5.69 Å². The molecule has 1 aliphatic heterocycles. The van der Waals surface area contributed by atoms with Gasteiger partial charge in [-0.05, 0) is 12.1 Å². The Kier molecular flexibility index (Phi) is 6.05. The van der Waals surface area contributed by atoms with Crippen molar-refractivity contribution < 1.29 is 17.9 Å². The third kappa shape index (κ3) is 4.57. The van der Waals surface area contributed by atoms with E-state index in [1.165, 1.54) is 4.31 Å². The fraction of sp³-hybridized carbons (Fsp3) is 0.462. The highest BCUT2D eigenvalue weighted by Crippen LogP contribution is 2.29. The van der Waals surface area contributed by atoms with E-state index in [4.69, 9.17) is 27.9 Å². The van der Waals surface area contributed by atoms with Gasteiger partial charge in [0.1, 0.15) is 0 Å². The van der Waals surface area contributed by atoms with E-state index in [2.05, 4.69) is 5.32 Å². The fourth-order valence-electron chi connectivity index (χ4n) is 1.99. The molecule has 1 aromatic rings. The van der Waals surface area contributed by atoms with Crippen LogP contribution in [-0.4, -0.2) is 50.7 Å². The van der Waals surface area contributed by atoms with E-state index < -0.39 is 15.9 Å². The summed E-state index contributed by atoms with van der Waals surface area (Å²) < 4.78 is 30.7. The number of rotatable bonds is 5. The van der Waals surface area contributed by atoms with Crippen molar-refractivity contribution in [2.24, 2.45) is 0 Å². The first kappa shape index (κ1) is 17.5.